The fraction of sp³-hybridized carbons (Fsp3) is 0. The van der Waals surface area contributed by atoms with Crippen LogP contribution in [0.1, 0.15) is 11.3 Å². The second-order valence-electron chi connectivity index (χ2n) is 5.71. The normalized spacial score (nSPS) is 10.3. The van der Waals surface area contributed by atoms with Crippen molar-refractivity contribution in [1.29, 1.82) is 0 Å². The minimum absolute atomic E-state index is 0.415. The molecule has 4 rings (SSSR count). The minimum Gasteiger partial charge on any atom is -0.361 e. The van der Waals surface area contributed by atoms with Gasteiger partial charge in [-0.1, -0.05) is 71.9 Å². The lowest BCUT2D eigenvalue weighted by Gasteiger charge is -2.05. The Balaban J connectivity index is 1.99. The van der Waals surface area contributed by atoms with E-state index in [1.54, 1.807) is 4.68 Å². The van der Waals surface area contributed by atoms with E-state index >= 15 is 0 Å². The van der Waals surface area contributed by atoms with Gasteiger partial charge in [0.15, 0.2) is 5.69 Å². The predicted molar refractivity (Wildman–Crippen MR) is 100 cm³/mol. The maximum absolute atomic E-state index is 9.81. The topological polar surface area (TPSA) is 67.1 Å². The van der Waals surface area contributed by atoms with Crippen LogP contribution in [0.3, 0.4) is 0 Å². The van der Waals surface area contributed by atoms with Crippen LogP contribution in [0, 0.1) is 0 Å². The summed E-state index contributed by atoms with van der Waals surface area (Å²) in [6.45, 7) is 0. The first-order valence-corrected chi connectivity index (χ1v) is 8.23. The number of hydrogen-bond acceptors (Lipinski definition) is 2. The molecule has 0 saturated heterocycles. The third kappa shape index (κ3) is 2.83. The van der Waals surface area contributed by atoms with Gasteiger partial charge in [0.1, 0.15) is 5.69 Å². The molecule has 0 N–H and O–H groups in total. The number of nitrogens with zero attached hydrogens (tertiary/aromatic N) is 5. The summed E-state index contributed by atoms with van der Waals surface area (Å²) < 4.78 is 1.70. The summed E-state index contributed by atoms with van der Waals surface area (Å²) in [5.41, 5.74) is 14.1. The van der Waals surface area contributed by atoms with Gasteiger partial charge in [0.2, 0.25) is 0 Å². The van der Waals surface area contributed by atoms with Crippen LogP contribution >= 0.6 is 0 Å². The summed E-state index contributed by atoms with van der Waals surface area (Å²) in [5, 5.41) is 8.71. The van der Waals surface area contributed by atoms with Gasteiger partial charge in [-0.05, 0) is 24.3 Å². The lowest BCUT2D eigenvalue weighted by Crippen LogP contribution is -2.13. The van der Waals surface area contributed by atoms with Crippen LogP contribution in [0.15, 0.2) is 91.0 Å². The first-order valence-electron chi connectivity index (χ1n) is 8.23. The summed E-state index contributed by atoms with van der Waals surface area (Å²) in [6.07, 6.45) is 0. The number of hydrogen-bond donors (Lipinski definition) is 0. The molecular formula is C21H15N5. The van der Waals surface area contributed by atoms with Crippen LogP contribution in [0.5, 0.6) is 0 Å². The average molecular weight is 337 g/mol. The van der Waals surface area contributed by atoms with Gasteiger partial charge in [-0.15, -0.1) is 5.10 Å². The SMILES string of the molecule is [N-]=[N+]=C(c1ccccc1)c1c(-c2ccccc2)nnn1-c1ccccc1. The molecule has 5 nitrogen and oxygen atoms in total. The molecule has 0 aliphatic rings. The molecule has 0 amide bonds. The fourth-order valence-corrected chi connectivity index (χ4v) is 2.87. The number of benzene rings is 3. The zero-order chi connectivity index (χ0) is 17.8. The lowest BCUT2D eigenvalue weighted by atomic mass is 10.0. The molecule has 0 atom stereocenters. The molecule has 0 spiro atoms. The van der Waals surface area contributed by atoms with E-state index in [0.29, 0.717) is 17.1 Å². The van der Waals surface area contributed by atoms with Gasteiger partial charge in [-0.25, -0.2) is 4.68 Å². The van der Waals surface area contributed by atoms with E-state index in [2.05, 4.69) is 15.1 Å². The summed E-state index contributed by atoms with van der Waals surface area (Å²) in [5.74, 6) is 0. The van der Waals surface area contributed by atoms with Crippen LogP contribution < -0.4 is 0 Å². The van der Waals surface area contributed by atoms with E-state index < -0.39 is 0 Å². The van der Waals surface area contributed by atoms with E-state index in [1.807, 2.05) is 91.0 Å². The van der Waals surface area contributed by atoms with E-state index in [0.717, 1.165) is 16.8 Å². The van der Waals surface area contributed by atoms with Gasteiger partial charge in [0, 0.05) is 5.56 Å². The molecule has 1 heterocycles. The Bertz CT molecular complexity index is 1010. The van der Waals surface area contributed by atoms with Crippen molar-refractivity contribution >= 4 is 5.71 Å². The Hall–Kier alpha value is -3.82. The Morgan fingerprint density at radius 3 is 1.96 bits per heavy atom. The molecule has 4 aromatic rings. The molecule has 26 heavy (non-hydrogen) atoms. The minimum atomic E-state index is 0.415. The van der Waals surface area contributed by atoms with Gasteiger partial charge in [-0.3, -0.25) is 0 Å². The van der Waals surface area contributed by atoms with Gasteiger partial charge >= 0.3 is 5.71 Å². The quantitative estimate of drug-likeness (QED) is 0.321. The Morgan fingerprint density at radius 2 is 1.35 bits per heavy atom. The largest absolute Gasteiger partial charge is 0.361 e. The zero-order valence-corrected chi connectivity index (χ0v) is 13.9. The van der Waals surface area contributed by atoms with Gasteiger partial charge < -0.3 is 5.53 Å². The van der Waals surface area contributed by atoms with Crippen LogP contribution in [0.25, 0.3) is 22.5 Å². The zero-order valence-electron chi connectivity index (χ0n) is 13.9. The van der Waals surface area contributed by atoms with Crippen molar-refractivity contribution in [1.82, 2.24) is 15.0 Å². The van der Waals surface area contributed by atoms with E-state index in [9.17, 15) is 5.53 Å². The summed E-state index contributed by atoms with van der Waals surface area (Å²) in [6, 6.07) is 29.0. The average Bonchev–Trinajstić information content (AvgIpc) is 3.16. The Kier molecular flexibility index (Phi) is 4.21. The molecule has 3 aromatic carbocycles. The molecule has 0 fully saturated rings. The third-order valence-electron chi connectivity index (χ3n) is 4.09. The van der Waals surface area contributed by atoms with Gasteiger partial charge in [-0.2, -0.15) is 4.79 Å². The van der Waals surface area contributed by atoms with Crippen LogP contribution in [-0.4, -0.2) is 25.5 Å². The molecule has 0 aliphatic carbocycles. The molecule has 0 unspecified atom stereocenters. The molecular weight excluding hydrogens is 322 g/mol. The van der Waals surface area contributed by atoms with Crippen LogP contribution in [-0.2, 0) is 0 Å². The second-order valence-corrected chi connectivity index (χ2v) is 5.71. The van der Waals surface area contributed by atoms with Crippen molar-refractivity contribution < 1.29 is 4.79 Å². The van der Waals surface area contributed by atoms with Gasteiger partial charge in [0.05, 0.1) is 11.3 Å². The number of aromatic nitrogens is 3. The highest BCUT2D eigenvalue weighted by Crippen LogP contribution is 2.25. The fourth-order valence-electron chi connectivity index (χ4n) is 2.87. The maximum Gasteiger partial charge on any atom is 0.350 e. The monoisotopic (exact) mass is 337 g/mol. The standard InChI is InChI=1S/C21H15N5/c22-23-19(16-10-4-1-5-11-16)21-20(17-12-6-2-7-13-17)24-25-26(21)18-14-8-3-9-15-18/h1-15H. The van der Waals surface area contributed by atoms with Crippen LogP contribution in [0.2, 0.25) is 0 Å². The van der Waals surface area contributed by atoms with Crippen molar-refractivity contribution in [2.24, 2.45) is 0 Å². The predicted octanol–water partition coefficient (Wildman–Crippen LogP) is 4.00. The highest BCUT2D eigenvalue weighted by atomic mass is 15.4. The maximum atomic E-state index is 9.81. The summed E-state index contributed by atoms with van der Waals surface area (Å²) in [4.78, 5) is 3.59. The van der Waals surface area contributed by atoms with E-state index in [1.165, 1.54) is 0 Å². The van der Waals surface area contributed by atoms with Crippen molar-refractivity contribution in [2.45, 2.75) is 0 Å². The highest BCUT2D eigenvalue weighted by Gasteiger charge is 2.28. The molecule has 0 radical (unpaired) electrons. The highest BCUT2D eigenvalue weighted by molar-refractivity contribution is 6.11. The molecule has 5 heteroatoms. The van der Waals surface area contributed by atoms with Crippen molar-refractivity contribution in [3.8, 4) is 16.9 Å². The number of rotatable bonds is 4. The summed E-state index contributed by atoms with van der Waals surface area (Å²) in [7, 11) is 0. The second kappa shape index (κ2) is 6.97. The molecule has 124 valence electrons. The van der Waals surface area contributed by atoms with Crippen molar-refractivity contribution in [2.75, 3.05) is 0 Å². The smallest absolute Gasteiger partial charge is 0.350 e. The van der Waals surface area contributed by atoms with E-state index in [4.69, 9.17) is 0 Å². The lowest BCUT2D eigenvalue weighted by molar-refractivity contribution is -0.00325. The molecule has 0 aliphatic heterocycles. The van der Waals surface area contributed by atoms with E-state index in [-0.39, 0.29) is 0 Å². The van der Waals surface area contributed by atoms with Crippen molar-refractivity contribution in [3.05, 3.63) is 108 Å². The molecule has 0 bridgehead atoms. The first-order chi connectivity index (χ1) is 12.9. The first kappa shape index (κ1) is 15.7. The third-order valence-corrected chi connectivity index (χ3v) is 4.09. The summed E-state index contributed by atoms with van der Waals surface area (Å²) >= 11 is 0. The Labute approximate surface area is 150 Å². The Morgan fingerprint density at radius 1 is 0.769 bits per heavy atom. The number of para-hydroxylation sites is 1. The van der Waals surface area contributed by atoms with Crippen LogP contribution in [0.4, 0.5) is 0 Å². The van der Waals surface area contributed by atoms with Gasteiger partial charge in [0.25, 0.3) is 0 Å². The molecule has 0 saturated carbocycles. The van der Waals surface area contributed by atoms with Crippen molar-refractivity contribution in [3.63, 3.8) is 0 Å². The molecule has 1 aromatic heterocycles.